The molecule has 90 valence electrons. The lowest BCUT2D eigenvalue weighted by atomic mass is 10.1. The lowest BCUT2D eigenvalue weighted by Crippen LogP contribution is -2.25. The van der Waals surface area contributed by atoms with Crippen molar-refractivity contribution in [2.24, 2.45) is 0 Å². The number of benzene rings is 1. The van der Waals surface area contributed by atoms with Gasteiger partial charge >= 0.3 is 0 Å². The van der Waals surface area contributed by atoms with Crippen LogP contribution in [0.5, 0.6) is 0 Å². The van der Waals surface area contributed by atoms with Crippen LogP contribution in [-0.4, -0.2) is 32.5 Å². The fourth-order valence-electron chi connectivity index (χ4n) is 2.11. The molecule has 3 rings (SSSR count). The van der Waals surface area contributed by atoms with Gasteiger partial charge in [-0.05, 0) is 20.0 Å². The van der Waals surface area contributed by atoms with Crippen LogP contribution < -0.4 is 5.73 Å². The predicted octanol–water partition coefficient (Wildman–Crippen LogP) is 2.34. The minimum absolute atomic E-state index is 0.372. The Labute approximate surface area is 109 Å². The molecule has 0 spiro atoms. The molecule has 0 amide bonds. The third kappa shape index (κ3) is 1.71. The van der Waals surface area contributed by atoms with E-state index in [0.717, 1.165) is 22.5 Å². The molecule has 0 saturated carbocycles. The first kappa shape index (κ1) is 11.3. The molecule has 2 N–H and O–H groups in total. The molecule has 17 heavy (non-hydrogen) atoms. The Balaban J connectivity index is 2.12. The zero-order chi connectivity index (χ0) is 12.0. The molecule has 1 aliphatic heterocycles. The average Bonchev–Trinajstić information content (AvgIpc) is 2.91. The summed E-state index contributed by atoms with van der Waals surface area (Å²) in [6.45, 7) is 2.25. The molecule has 2 unspecified atom stereocenters. The van der Waals surface area contributed by atoms with Crippen LogP contribution in [-0.2, 0) is 0 Å². The van der Waals surface area contributed by atoms with Gasteiger partial charge in [-0.3, -0.25) is 4.90 Å². The summed E-state index contributed by atoms with van der Waals surface area (Å²) < 4.78 is 8.67. The Morgan fingerprint density at radius 2 is 2.12 bits per heavy atom. The maximum absolute atomic E-state index is 5.91. The first-order valence-corrected chi connectivity index (χ1v) is 7.30. The van der Waals surface area contributed by atoms with Gasteiger partial charge in [-0.15, -0.1) is 11.8 Å². The van der Waals surface area contributed by atoms with E-state index >= 15 is 0 Å². The second kappa shape index (κ2) is 4.12. The summed E-state index contributed by atoms with van der Waals surface area (Å²) in [5.41, 5.74) is 9.68. The number of nitrogen functional groups attached to an aromatic ring is 1. The Morgan fingerprint density at radius 1 is 1.35 bits per heavy atom. The van der Waals surface area contributed by atoms with Crippen molar-refractivity contribution in [3.05, 3.63) is 17.7 Å². The van der Waals surface area contributed by atoms with Crippen molar-refractivity contribution in [2.75, 3.05) is 18.5 Å². The molecule has 2 aromatic rings. The Hall–Kier alpha value is -0.850. The monoisotopic (exact) mass is 266 g/mol. The van der Waals surface area contributed by atoms with Gasteiger partial charge in [0, 0.05) is 17.4 Å². The maximum Gasteiger partial charge on any atom is 0.128 e. The van der Waals surface area contributed by atoms with Crippen molar-refractivity contribution in [3.63, 3.8) is 0 Å². The molecule has 1 aromatic heterocycles. The lowest BCUT2D eigenvalue weighted by molar-refractivity contribution is 0.283. The number of fused-ring (bicyclic) bond motifs is 1. The fraction of sp³-hybridized carbons (Fsp3) is 0.455. The molecule has 1 saturated heterocycles. The highest BCUT2D eigenvalue weighted by Gasteiger charge is 2.31. The van der Waals surface area contributed by atoms with E-state index in [1.54, 1.807) is 0 Å². The van der Waals surface area contributed by atoms with Gasteiger partial charge in [0.05, 0.1) is 22.8 Å². The van der Waals surface area contributed by atoms with Gasteiger partial charge in [0.2, 0.25) is 0 Å². The molecule has 1 fully saturated rings. The molecule has 1 aliphatic rings. The van der Waals surface area contributed by atoms with Crippen LogP contribution >= 0.6 is 23.5 Å². The average molecular weight is 266 g/mol. The summed E-state index contributed by atoms with van der Waals surface area (Å²) in [6.07, 6.45) is 0. The molecule has 1 aromatic carbocycles. The molecular weight excluding hydrogens is 252 g/mol. The van der Waals surface area contributed by atoms with Crippen LogP contribution in [0.1, 0.15) is 17.9 Å². The SMILES string of the molecule is CC1CSC(c2ccc(N)c3nsnc23)N1C. The van der Waals surface area contributed by atoms with Gasteiger partial charge in [0.25, 0.3) is 0 Å². The van der Waals surface area contributed by atoms with Gasteiger partial charge in [-0.1, -0.05) is 6.07 Å². The van der Waals surface area contributed by atoms with E-state index in [0.29, 0.717) is 11.4 Å². The third-order valence-corrected chi connectivity index (χ3v) is 5.41. The summed E-state index contributed by atoms with van der Waals surface area (Å²) in [6, 6.07) is 4.63. The third-order valence-electron chi connectivity index (χ3n) is 3.30. The number of rotatable bonds is 1. The van der Waals surface area contributed by atoms with Crippen LogP contribution in [0.4, 0.5) is 5.69 Å². The van der Waals surface area contributed by atoms with E-state index in [9.17, 15) is 0 Å². The predicted molar refractivity (Wildman–Crippen MR) is 74.3 cm³/mol. The summed E-state index contributed by atoms with van der Waals surface area (Å²) in [4.78, 5) is 2.38. The van der Waals surface area contributed by atoms with Crippen LogP contribution in [0.2, 0.25) is 0 Å². The van der Waals surface area contributed by atoms with Crippen LogP contribution in [0.25, 0.3) is 11.0 Å². The smallest absolute Gasteiger partial charge is 0.128 e. The summed E-state index contributed by atoms with van der Waals surface area (Å²) in [7, 11) is 2.16. The van der Waals surface area contributed by atoms with Crippen molar-refractivity contribution in [1.82, 2.24) is 13.6 Å². The molecule has 6 heteroatoms. The first-order chi connectivity index (χ1) is 8.18. The van der Waals surface area contributed by atoms with E-state index in [-0.39, 0.29) is 0 Å². The highest BCUT2D eigenvalue weighted by Crippen LogP contribution is 2.42. The topological polar surface area (TPSA) is 55.0 Å². The summed E-state index contributed by atoms with van der Waals surface area (Å²) in [5.74, 6) is 1.16. The standard InChI is InChI=1S/C11H14N4S2/c1-6-5-16-11(15(6)2)7-3-4-8(12)10-9(7)13-17-14-10/h3-4,6,11H,5,12H2,1-2H3. The van der Waals surface area contributed by atoms with Crippen molar-refractivity contribution < 1.29 is 0 Å². The molecule has 2 heterocycles. The highest BCUT2D eigenvalue weighted by molar-refractivity contribution is 7.99. The van der Waals surface area contributed by atoms with Crippen molar-refractivity contribution in [2.45, 2.75) is 18.3 Å². The molecule has 0 bridgehead atoms. The van der Waals surface area contributed by atoms with E-state index < -0.39 is 0 Å². The minimum atomic E-state index is 0.372. The number of hydrogen-bond donors (Lipinski definition) is 1. The molecular formula is C11H14N4S2. The molecule has 0 aliphatic carbocycles. The quantitative estimate of drug-likeness (QED) is 0.803. The zero-order valence-corrected chi connectivity index (χ0v) is 11.4. The van der Waals surface area contributed by atoms with Gasteiger partial charge in [0.15, 0.2) is 0 Å². The van der Waals surface area contributed by atoms with E-state index in [1.807, 2.05) is 17.8 Å². The Bertz CT molecular complexity index is 553. The zero-order valence-electron chi connectivity index (χ0n) is 9.75. The summed E-state index contributed by atoms with van der Waals surface area (Å²) >= 11 is 3.19. The number of hydrogen-bond acceptors (Lipinski definition) is 6. The number of anilines is 1. The maximum atomic E-state index is 5.91. The summed E-state index contributed by atoms with van der Waals surface area (Å²) in [5, 5.41) is 0.372. The highest BCUT2D eigenvalue weighted by atomic mass is 32.2. The second-order valence-electron chi connectivity index (χ2n) is 4.41. The van der Waals surface area contributed by atoms with E-state index in [4.69, 9.17) is 5.73 Å². The van der Waals surface area contributed by atoms with Crippen LogP contribution in [0.3, 0.4) is 0 Å². The number of nitrogens with two attached hydrogens (primary N) is 1. The molecule has 4 nitrogen and oxygen atoms in total. The number of thioether (sulfide) groups is 1. The lowest BCUT2D eigenvalue weighted by Gasteiger charge is -2.22. The van der Waals surface area contributed by atoms with Gasteiger partial charge < -0.3 is 5.73 Å². The molecule has 0 radical (unpaired) electrons. The Kier molecular flexibility index (Phi) is 2.72. The molecule has 2 atom stereocenters. The normalized spacial score (nSPS) is 25.8. The van der Waals surface area contributed by atoms with Crippen LogP contribution in [0, 0.1) is 0 Å². The van der Waals surface area contributed by atoms with Gasteiger partial charge in [-0.25, -0.2) is 0 Å². The minimum Gasteiger partial charge on any atom is -0.397 e. The Morgan fingerprint density at radius 3 is 2.82 bits per heavy atom. The second-order valence-corrected chi connectivity index (χ2v) is 6.05. The van der Waals surface area contributed by atoms with Crippen molar-refractivity contribution >= 4 is 40.2 Å². The van der Waals surface area contributed by atoms with Gasteiger partial charge in [0.1, 0.15) is 11.0 Å². The van der Waals surface area contributed by atoms with Crippen molar-refractivity contribution in [1.29, 1.82) is 0 Å². The van der Waals surface area contributed by atoms with Crippen LogP contribution in [0.15, 0.2) is 12.1 Å². The van der Waals surface area contributed by atoms with Crippen molar-refractivity contribution in [3.8, 4) is 0 Å². The number of aromatic nitrogens is 2. The van der Waals surface area contributed by atoms with E-state index in [2.05, 4.69) is 33.7 Å². The largest absolute Gasteiger partial charge is 0.397 e. The van der Waals surface area contributed by atoms with Gasteiger partial charge in [-0.2, -0.15) is 8.75 Å². The van der Waals surface area contributed by atoms with E-state index in [1.165, 1.54) is 17.3 Å². The first-order valence-electron chi connectivity index (χ1n) is 5.52. The number of nitrogens with zero attached hydrogens (tertiary/aromatic N) is 3. The fourth-order valence-corrected chi connectivity index (χ4v) is 4.21.